The molecule has 1 rings (SSSR count). The van der Waals surface area contributed by atoms with Crippen LogP contribution in [-0.4, -0.2) is 49.4 Å². The molecule has 3 heteroatoms. The minimum absolute atomic E-state index is 0.334. The van der Waals surface area contributed by atoms with E-state index < -0.39 is 0 Å². The summed E-state index contributed by atoms with van der Waals surface area (Å²) >= 11 is 0. The van der Waals surface area contributed by atoms with Gasteiger partial charge in [0.15, 0.2) is 0 Å². The van der Waals surface area contributed by atoms with Gasteiger partial charge >= 0.3 is 0 Å². The van der Waals surface area contributed by atoms with Gasteiger partial charge in [0.2, 0.25) is 5.91 Å². The van der Waals surface area contributed by atoms with Gasteiger partial charge in [0.25, 0.3) is 0 Å². The minimum Gasteiger partial charge on any atom is -0.343 e. The van der Waals surface area contributed by atoms with E-state index in [1.54, 1.807) is 0 Å². The summed E-state index contributed by atoms with van der Waals surface area (Å²) in [6, 6.07) is 0. The number of amides is 1. The summed E-state index contributed by atoms with van der Waals surface area (Å²) in [4.78, 5) is 15.9. The first-order valence-corrected chi connectivity index (χ1v) is 5.62. The van der Waals surface area contributed by atoms with Crippen LogP contribution in [0.25, 0.3) is 0 Å². The minimum atomic E-state index is 0.334. The summed E-state index contributed by atoms with van der Waals surface area (Å²) in [5.74, 6) is 0.334. The Morgan fingerprint density at radius 3 is 2.21 bits per heavy atom. The molecule has 3 nitrogen and oxygen atoms in total. The van der Waals surface area contributed by atoms with Gasteiger partial charge in [0, 0.05) is 26.1 Å². The number of hydrogen-bond donors (Lipinski definition) is 0. The Hall–Kier alpha value is -0.570. The first kappa shape index (κ1) is 11.5. The lowest BCUT2D eigenvalue weighted by molar-refractivity contribution is -0.131. The predicted octanol–water partition coefficient (Wildman–Crippen LogP) is 1.34. The summed E-state index contributed by atoms with van der Waals surface area (Å²) in [6.45, 7) is 2.83. The van der Waals surface area contributed by atoms with Crippen molar-refractivity contribution in [2.24, 2.45) is 0 Å². The van der Waals surface area contributed by atoms with E-state index in [0.29, 0.717) is 12.3 Å². The van der Waals surface area contributed by atoms with Crippen LogP contribution in [0.3, 0.4) is 0 Å². The topological polar surface area (TPSA) is 23.6 Å². The molecule has 82 valence electrons. The molecule has 1 amide bonds. The molecule has 1 heterocycles. The summed E-state index contributed by atoms with van der Waals surface area (Å²) in [5.41, 5.74) is 0. The number of hydrogen-bond acceptors (Lipinski definition) is 2. The first-order valence-electron chi connectivity index (χ1n) is 5.62. The lowest BCUT2D eigenvalue weighted by Crippen LogP contribution is -2.33. The van der Waals surface area contributed by atoms with Gasteiger partial charge in [-0.3, -0.25) is 4.79 Å². The Kier molecular flexibility index (Phi) is 4.94. The van der Waals surface area contributed by atoms with Gasteiger partial charge in [-0.05, 0) is 26.9 Å². The van der Waals surface area contributed by atoms with Crippen molar-refractivity contribution in [3.8, 4) is 0 Å². The Morgan fingerprint density at radius 1 is 1.14 bits per heavy atom. The Labute approximate surface area is 87.1 Å². The molecule has 0 atom stereocenters. The highest BCUT2D eigenvalue weighted by Crippen LogP contribution is 2.10. The van der Waals surface area contributed by atoms with Gasteiger partial charge in [-0.25, -0.2) is 0 Å². The van der Waals surface area contributed by atoms with E-state index in [2.05, 4.69) is 4.90 Å². The van der Waals surface area contributed by atoms with Crippen LogP contribution >= 0.6 is 0 Å². The Balaban J connectivity index is 2.27. The van der Waals surface area contributed by atoms with Crippen molar-refractivity contribution in [2.75, 3.05) is 33.7 Å². The van der Waals surface area contributed by atoms with Crippen LogP contribution in [0.15, 0.2) is 0 Å². The van der Waals surface area contributed by atoms with Crippen molar-refractivity contribution in [3.05, 3.63) is 0 Å². The van der Waals surface area contributed by atoms with E-state index >= 15 is 0 Å². The molecule has 0 bridgehead atoms. The van der Waals surface area contributed by atoms with Crippen LogP contribution in [0.5, 0.6) is 0 Å². The maximum absolute atomic E-state index is 11.8. The molecule has 0 spiro atoms. The molecule has 0 aromatic heterocycles. The average Bonchev–Trinajstić information content (AvgIpc) is 2.42. The van der Waals surface area contributed by atoms with Crippen molar-refractivity contribution in [1.82, 2.24) is 9.80 Å². The summed E-state index contributed by atoms with van der Waals surface area (Å²) in [7, 11) is 4.02. The van der Waals surface area contributed by atoms with Gasteiger partial charge in [-0.1, -0.05) is 12.8 Å². The fourth-order valence-corrected chi connectivity index (χ4v) is 1.80. The Bertz CT molecular complexity index is 172. The normalized spacial score (nSPS) is 18.4. The molecule has 1 aliphatic rings. The van der Waals surface area contributed by atoms with Gasteiger partial charge in [0.1, 0.15) is 0 Å². The van der Waals surface area contributed by atoms with Gasteiger partial charge in [0.05, 0.1) is 0 Å². The quantitative estimate of drug-likeness (QED) is 0.683. The van der Waals surface area contributed by atoms with Crippen LogP contribution in [0, 0.1) is 0 Å². The molecule has 1 saturated heterocycles. The summed E-state index contributed by atoms with van der Waals surface area (Å²) in [5, 5.41) is 0. The van der Waals surface area contributed by atoms with E-state index in [0.717, 1.165) is 19.6 Å². The molecule has 0 radical (unpaired) electrons. The zero-order valence-electron chi connectivity index (χ0n) is 9.46. The third-order valence-electron chi connectivity index (χ3n) is 2.73. The van der Waals surface area contributed by atoms with Crippen LogP contribution in [0.2, 0.25) is 0 Å². The largest absolute Gasteiger partial charge is 0.343 e. The number of rotatable bonds is 3. The van der Waals surface area contributed by atoms with Crippen LogP contribution < -0.4 is 0 Å². The summed E-state index contributed by atoms with van der Waals surface area (Å²) < 4.78 is 0. The van der Waals surface area contributed by atoms with Crippen LogP contribution in [0.1, 0.15) is 32.1 Å². The molecule has 14 heavy (non-hydrogen) atoms. The van der Waals surface area contributed by atoms with Gasteiger partial charge in [-0.15, -0.1) is 0 Å². The second-order valence-corrected chi connectivity index (χ2v) is 4.35. The second kappa shape index (κ2) is 6.02. The standard InChI is InChI=1S/C11H22N2O/c1-12(2)10-7-11(14)13-8-5-3-4-6-9-13/h3-10H2,1-2H3. The SMILES string of the molecule is CN(C)CCC(=O)N1CCCCCC1. The zero-order valence-corrected chi connectivity index (χ0v) is 9.46. The van der Waals surface area contributed by atoms with Crippen molar-refractivity contribution in [2.45, 2.75) is 32.1 Å². The number of likely N-dealkylation sites (tertiary alicyclic amines) is 1. The van der Waals surface area contributed by atoms with E-state index in [9.17, 15) is 4.79 Å². The molecule has 0 saturated carbocycles. The second-order valence-electron chi connectivity index (χ2n) is 4.35. The van der Waals surface area contributed by atoms with Crippen LogP contribution in [-0.2, 0) is 4.79 Å². The molecule has 1 aliphatic heterocycles. The van der Waals surface area contributed by atoms with E-state index in [1.165, 1.54) is 25.7 Å². The van der Waals surface area contributed by atoms with Gasteiger partial charge < -0.3 is 9.80 Å². The van der Waals surface area contributed by atoms with Crippen molar-refractivity contribution in [3.63, 3.8) is 0 Å². The maximum Gasteiger partial charge on any atom is 0.223 e. The smallest absolute Gasteiger partial charge is 0.223 e. The highest BCUT2D eigenvalue weighted by Gasteiger charge is 2.14. The molecular weight excluding hydrogens is 176 g/mol. The van der Waals surface area contributed by atoms with Gasteiger partial charge in [-0.2, -0.15) is 0 Å². The lowest BCUT2D eigenvalue weighted by atomic mass is 10.2. The third-order valence-corrected chi connectivity index (χ3v) is 2.73. The molecule has 0 N–H and O–H groups in total. The van der Waals surface area contributed by atoms with Crippen molar-refractivity contribution >= 4 is 5.91 Å². The predicted molar refractivity (Wildman–Crippen MR) is 58.2 cm³/mol. The third kappa shape index (κ3) is 4.09. The molecule has 0 unspecified atom stereocenters. The lowest BCUT2D eigenvalue weighted by Gasteiger charge is -2.21. The fourth-order valence-electron chi connectivity index (χ4n) is 1.80. The highest BCUT2D eigenvalue weighted by molar-refractivity contribution is 5.76. The molecule has 0 aromatic carbocycles. The monoisotopic (exact) mass is 198 g/mol. The maximum atomic E-state index is 11.8. The highest BCUT2D eigenvalue weighted by atomic mass is 16.2. The first-order chi connectivity index (χ1) is 6.70. The number of nitrogens with zero attached hydrogens (tertiary/aromatic N) is 2. The van der Waals surface area contributed by atoms with Crippen molar-refractivity contribution in [1.29, 1.82) is 0 Å². The van der Waals surface area contributed by atoms with E-state index in [4.69, 9.17) is 0 Å². The zero-order chi connectivity index (χ0) is 10.4. The number of carbonyl (C=O) groups excluding carboxylic acids is 1. The number of carbonyl (C=O) groups is 1. The fraction of sp³-hybridized carbons (Fsp3) is 0.909. The van der Waals surface area contributed by atoms with Crippen molar-refractivity contribution < 1.29 is 4.79 Å². The molecular formula is C11H22N2O. The van der Waals surface area contributed by atoms with Crippen LogP contribution in [0.4, 0.5) is 0 Å². The average molecular weight is 198 g/mol. The molecule has 0 aliphatic carbocycles. The summed E-state index contributed by atoms with van der Waals surface area (Å²) in [6.07, 6.45) is 5.63. The Morgan fingerprint density at radius 2 is 1.71 bits per heavy atom. The van der Waals surface area contributed by atoms with E-state index in [-0.39, 0.29) is 0 Å². The molecule has 0 aromatic rings. The van der Waals surface area contributed by atoms with E-state index in [1.807, 2.05) is 19.0 Å². The molecule has 1 fully saturated rings.